The summed E-state index contributed by atoms with van der Waals surface area (Å²) >= 11 is 0. The number of rotatable bonds is 3. The van der Waals surface area contributed by atoms with Crippen LogP contribution in [-0.2, 0) is 6.42 Å². The Morgan fingerprint density at radius 1 is 1.04 bits per heavy atom. The van der Waals surface area contributed by atoms with Crippen molar-refractivity contribution in [1.29, 1.82) is 0 Å². The summed E-state index contributed by atoms with van der Waals surface area (Å²) in [5.74, 6) is 2.72. The van der Waals surface area contributed by atoms with Gasteiger partial charge in [0.1, 0.15) is 5.75 Å². The Morgan fingerprint density at radius 3 is 2.93 bits per heavy atom. The SMILES string of the molecule is O=C(NC1CCC2CCCC2C1)c1cncc(-c2ccc3c(c2)CCO3)c1. The summed E-state index contributed by atoms with van der Waals surface area (Å²) in [6.07, 6.45) is 12.1. The van der Waals surface area contributed by atoms with Crippen LogP contribution in [0.1, 0.15) is 54.4 Å². The highest BCUT2D eigenvalue weighted by Gasteiger charge is 2.34. The molecule has 27 heavy (non-hydrogen) atoms. The smallest absolute Gasteiger partial charge is 0.253 e. The molecule has 2 fully saturated rings. The standard InChI is InChI=1S/C23H26N2O2/c26-23(25-21-6-4-15-2-1-3-16(15)12-21)20-11-19(13-24-14-20)17-5-7-22-18(10-17)8-9-27-22/h5,7,10-11,13-16,21H,1-4,6,8-9,12H2,(H,25,26). The zero-order valence-corrected chi connectivity index (χ0v) is 15.6. The number of nitrogens with one attached hydrogen (secondary N) is 1. The minimum absolute atomic E-state index is 0.00953. The molecule has 3 aliphatic rings. The van der Waals surface area contributed by atoms with Crippen molar-refractivity contribution in [3.63, 3.8) is 0 Å². The van der Waals surface area contributed by atoms with Gasteiger partial charge in [-0.1, -0.05) is 25.3 Å². The van der Waals surface area contributed by atoms with Crippen LogP contribution >= 0.6 is 0 Å². The van der Waals surface area contributed by atoms with Gasteiger partial charge in [-0.3, -0.25) is 9.78 Å². The molecule has 2 heterocycles. The van der Waals surface area contributed by atoms with Crippen molar-refractivity contribution in [2.75, 3.05) is 6.61 Å². The quantitative estimate of drug-likeness (QED) is 0.881. The summed E-state index contributed by atoms with van der Waals surface area (Å²) in [5, 5.41) is 3.27. The largest absolute Gasteiger partial charge is 0.493 e. The van der Waals surface area contributed by atoms with Gasteiger partial charge in [-0.25, -0.2) is 0 Å². The molecule has 4 heteroatoms. The van der Waals surface area contributed by atoms with Crippen LogP contribution in [-0.4, -0.2) is 23.5 Å². The first-order chi connectivity index (χ1) is 13.3. The molecule has 3 atom stereocenters. The Hall–Kier alpha value is -2.36. The Kier molecular flexibility index (Phi) is 4.35. The average Bonchev–Trinajstić information content (AvgIpc) is 3.36. The van der Waals surface area contributed by atoms with Gasteiger partial charge in [0.05, 0.1) is 12.2 Å². The first-order valence-corrected chi connectivity index (χ1v) is 10.3. The van der Waals surface area contributed by atoms with Crippen LogP contribution in [0.5, 0.6) is 5.75 Å². The molecule has 2 aliphatic carbocycles. The molecule has 4 nitrogen and oxygen atoms in total. The van der Waals surface area contributed by atoms with Crippen molar-refractivity contribution in [2.45, 2.75) is 51.0 Å². The molecule has 140 valence electrons. The molecule has 0 saturated heterocycles. The third-order valence-corrected chi connectivity index (χ3v) is 6.65. The zero-order valence-electron chi connectivity index (χ0n) is 15.6. The normalized spacial score (nSPS) is 26.1. The van der Waals surface area contributed by atoms with E-state index in [0.29, 0.717) is 11.6 Å². The van der Waals surface area contributed by atoms with Crippen molar-refractivity contribution in [2.24, 2.45) is 11.8 Å². The van der Waals surface area contributed by atoms with Gasteiger partial charge in [0.2, 0.25) is 0 Å². The molecular weight excluding hydrogens is 336 g/mol. The lowest BCUT2D eigenvalue weighted by Crippen LogP contribution is -2.39. The number of fused-ring (bicyclic) bond motifs is 2. The van der Waals surface area contributed by atoms with E-state index in [1.54, 1.807) is 6.20 Å². The van der Waals surface area contributed by atoms with E-state index in [4.69, 9.17) is 4.74 Å². The van der Waals surface area contributed by atoms with Gasteiger partial charge in [0.25, 0.3) is 5.91 Å². The van der Waals surface area contributed by atoms with Crippen LogP contribution in [0.25, 0.3) is 11.1 Å². The number of carbonyl (C=O) groups is 1. The molecule has 2 aromatic rings. The van der Waals surface area contributed by atoms with Crippen LogP contribution in [0.2, 0.25) is 0 Å². The molecule has 3 unspecified atom stereocenters. The van der Waals surface area contributed by atoms with E-state index in [-0.39, 0.29) is 5.91 Å². The summed E-state index contributed by atoms with van der Waals surface area (Å²) in [4.78, 5) is 17.1. The minimum Gasteiger partial charge on any atom is -0.493 e. The molecule has 0 bridgehead atoms. The van der Waals surface area contributed by atoms with Gasteiger partial charge >= 0.3 is 0 Å². The lowest BCUT2D eigenvalue weighted by atomic mass is 9.79. The van der Waals surface area contributed by atoms with Crippen molar-refractivity contribution in [3.8, 4) is 16.9 Å². The summed E-state index contributed by atoms with van der Waals surface area (Å²) in [7, 11) is 0. The van der Waals surface area contributed by atoms with Crippen molar-refractivity contribution >= 4 is 5.91 Å². The number of benzene rings is 1. The van der Waals surface area contributed by atoms with E-state index in [9.17, 15) is 4.79 Å². The maximum atomic E-state index is 12.8. The number of ether oxygens (including phenoxy) is 1. The molecule has 1 aromatic carbocycles. The van der Waals surface area contributed by atoms with Crippen molar-refractivity contribution in [1.82, 2.24) is 10.3 Å². The maximum Gasteiger partial charge on any atom is 0.253 e. The number of carbonyl (C=O) groups excluding carboxylic acids is 1. The minimum atomic E-state index is 0.00953. The molecule has 0 spiro atoms. The van der Waals surface area contributed by atoms with Crippen LogP contribution in [0.3, 0.4) is 0 Å². The van der Waals surface area contributed by atoms with Gasteiger partial charge in [-0.15, -0.1) is 0 Å². The van der Waals surface area contributed by atoms with E-state index in [1.165, 1.54) is 31.2 Å². The summed E-state index contributed by atoms with van der Waals surface area (Å²) in [6, 6.07) is 8.50. The number of pyridine rings is 1. The molecule has 1 N–H and O–H groups in total. The van der Waals surface area contributed by atoms with Crippen LogP contribution in [0.15, 0.2) is 36.7 Å². The fourth-order valence-electron chi connectivity index (χ4n) is 5.19. The van der Waals surface area contributed by atoms with Crippen molar-refractivity contribution in [3.05, 3.63) is 47.8 Å². The fourth-order valence-corrected chi connectivity index (χ4v) is 5.19. The molecule has 5 rings (SSSR count). The average molecular weight is 362 g/mol. The maximum absolute atomic E-state index is 12.8. The van der Waals surface area contributed by atoms with Gasteiger partial charge in [0, 0.05) is 30.4 Å². The van der Waals surface area contributed by atoms with Gasteiger partial charge in [-0.05, 0) is 60.4 Å². The monoisotopic (exact) mass is 362 g/mol. The third-order valence-electron chi connectivity index (χ3n) is 6.65. The second-order valence-electron chi connectivity index (χ2n) is 8.32. The van der Waals surface area contributed by atoms with Gasteiger partial charge < -0.3 is 10.1 Å². The second kappa shape index (κ2) is 6.99. The predicted octanol–water partition coefficient (Wildman–Crippen LogP) is 4.38. The molecule has 1 aromatic heterocycles. The third kappa shape index (κ3) is 3.33. The summed E-state index contributed by atoms with van der Waals surface area (Å²) in [6.45, 7) is 0.753. The second-order valence-corrected chi connectivity index (χ2v) is 8.32. The number of hydrogen-bond acceptors (Lipinski definition) is 3. The molecular formula is C23H26N2O2. The van der Waals surface area contributed by atoms with Gasteiger partial charge in [0.15, 0.2) is 0 Å². The van der Waals surface area contributed by atoms with Crippen LogP contribution in [0, 0.1) is 11.8 Å². The first kappa shape index (κ1) is 16.8. The number of amides is 1. The van der Waals surface area contributed by atoms with E-state index in [2.05, 4.69) is 16.4 Å². The Balaban J connectivity index is 1.30. The summed E-state index contributed by atoms with van der Waals surface area (Å²) in [5.41, 5.74) is 3.96. The fraction of sp³-hybridized carbons (Fsp3) is 0.478. The van der Waals surface area contributed by atoms with E-state index in [1.807, 2.05) is 24.4 Å². The molecule has 1 aliphatic heterocycles. The number of hydrogen-bond donors (Lipinski definition) is 1. The van der Waals surface area contributed by atoms with Crippen LogP contribution in [0.4, 0.5) is 0 Å². The lowest BCUT2D eigenvalue weighted by Gasteiger charge is -2.32. The highest BCUT2D eigenvalue weighted by atomic mass is 16.5. The molecule has 2 saturated carbocycles. The number of aromatic nitrogens is 1. The van der Waals surface area contributed by atoms with E-state index >= 15 is 0 Å². The van der Waals surface area contributed by atoms with Gasteiger partial charge in [-0.2, -0.15) is 0 Å². The highest BCUT2D eigenvalue weighted by molar-refractivity contribution is 5.95. The Labute approximate surface area is 160 Å². The topological polar surface area (TPSA) is 51.2 Å². The van der Waals surface area contributed by atoms with E-state index < -0.39 is 0 Å². The predicted molar refractivity (Wildman–Crippen MR) is 105 cm³/mol. The van der Waals surface area contributed by atoms with Crippen molar-refractivity contribution < 1.29 is 9.53 Å². The zero-order chi connectivity index (χ0) is 18.2. The summed E-state index contributed by atoms with van der Waals surface area (Å²) < 4.78 is 5.59. The first-order valence-electron chi connectivity index (χ1n) is 10.3. The molecule has 0 radical (unpaired) electrons. The lowest BCUT2D eigenvalue weighted by molar-refractivity contribution is 0.0910. The molecule has 1 amide bonds. The highest BCUT2D eigenvalue weighted by Crippen LogP contribution is 2.42. The van der Waals surface area contributed by atoms with E-state index in [0.717, 1.165) is 54.6 Å². The Bertz CT molecular complexity index is 863. The number of nitrogens with zero attached hydrogens (tertiary/aromatic N) is 1. The Morgan fingerprint density at radius 2 is 1.96 bits per heavy atom. The van der Waals surface area contributed by atoms with Crippen LogP contribution < -0.4 is 10.1 Å².